The highest BCUT2D eigenvalue weighted by atomic mass is 35.5. The summed E-state index contributed by atoms with van der Waals surface area (Å²) in [5.41, 5.74) is 2.83. The number of carboxylic acids is 1. The Kier molecular flexibility index (Phi) is 3.84. The summed E-state index contributed by atoms with van der Waals surface area (Å²) in [6, 6.07) is 6.56. The van der Waals surface area contributed by atoms with E-state index in [0.717, 1.165) is 11.3 Å². The number of hydrogen-bond donors (Lipinski definition) is 1. The van der Waals surface area contributed by atoms with Crippen LogP contribution in [0.25, 0.3) is 5.69 Å². The minimum absolute atomic E-state index is 0.189. The summed E-state index contributed by atoms with van der Waals surface area (Å²) < 4.78 is 3.51. The van der Waals surface area contributed by atoms with E-state index < -0.39 is 12.0 Å². The highest BCUT2D eigenvalue weighted by Gasteiger charge is 2.31. The topological polar surface area (TPSA) is 98.2 Å². The zero-order valence-corrected chi connectivity index (χ0v) is 14.8. The highest BCUT2D eigenvalue weighted by molar-refractivity contribution is 6.30. The number of fused-ring (bicyclic) bond motifs is 3. The lowest BCUT2D eigenvalue weighted by atomic mass is 10.1. The van der Waals surface area contributed by atoms with Crippen LogP contribution in [0.3, 0.4) is 0 Å². The Morgan fingerprint density at radius 1 is 1.27 bits per heavy atom. The average Bonchev–Trinajstić information content (AvgIpc) is 3.11. The Balaban J connectivity index is 1.99. The molecule has 0 radical (unpaired) electrons. The van der Waals surface area contributed by atoms with Gasteiger partial charge in [-0.05, 0) is 19.1 Å². The number of benzene rings is 1. The molecule has 1 N–H and O–H groups in total. The lowest BCUT2D eigenvalue weighted by Gasteiger charge is -2.10. The quantitative estimate of drug-likeness (QED) is 0.763. The van der Waals surface area contributed by atoms with Crippen molar-refractivity contribution in [1.82, 2.24) is 24.5 Å². The van der Waals surface area contributed by atoms with Gasteiger partial charge in [0.1, 0.15) is 17.6 Å². The number of rotatable bonds is 3. The smallest absolute Gasteiger partial charge is 0.306 e. The average molecular weight is 371 g/mol. The molecule has 9 heteroatoms. The van der Waals surface area contributed by atoms with E-state index in [4.69, 9.17) is 16.6 Å². The van der Waals surface area contributed by atoms with E-state index in [9.17, 15) is 9.90 Å². The molecule has 1 aliphatic heterocycles. The van der Waals surface area contributed by atoms with Gasteiger partial charge in [-0.1, -0.05) is 23.7 Å². The maximum absolute atomic E-state index is 11.4. The van der Waals surface area contributed by atoms with Crippen LogP contribution in [-0.2, 0) is 11.8 Å². The molecule has 1 aliphatic rings. The molecule has 132 valence electrons. The molecule has 0 fully saturated rings. The molecule has 0 saturated carbocycles. The van der Waals surface area contributed by atoms with Gasteiger partial charge in [0.05, 0.1) is 17.8 Å². The molecule has 0 amide bonds. The molecule has 3 heterocycles. The Bertz CT molecular complexity index is 1030. The van der Waals surface area contributed by atoms with Crippen LogP contribution in [0.5, 0.6) is 0 Å². The van der Waals surface area contributed by atoms with Crippen LogP contribution in [0.1, 0.15) is 35.4 Å². The molecule has 0 bridgehead atoms. The van der Waals surface area contributed by atoms with Gasteiger partial charge in [-0.2, -0.15) is 5.10 Å². The van der Waals surface area contributed by atoms with Crippen molar-refractivity contribution >= 4 is 23.3 Å². The zero-order valence-electron chi connectivity index (χ0n) is 14.1. The maximum Gasteiger partial charge on any atom is 0.306 e. The first-order chi connectivity index (χ1) is 12.4. The van der Waals surface area contributed by atoms with E-state index in [2.05, 4.69) is 15.3 Å². The van der Waals surface area contributed by atoms with Crippen molar-refractivity contribution in [3.63, 3.8) is 0 Å². The van der Waals surface area contributed by atoms with Gasteiger partial charge in [-0.25, -0.2) is 0 Å². The van der Waals surface area contributed by atoms with E-state index in [1.165, 1.54) is 0 Å². The molecule has 0 spiro atoms. The number of aliphatic carboxylic acids is 1. The van der Waals surface area contributed by atoms with Crippen molar-refractivity contribution in [2.75, 3.05) is 0 Å². The van der Waals surface area contributed by atoms with Crippen molar-refractivity contribution < 1.29 is 9.90 Å². The standard InChI is InChI=1S/C17H15ClN6O2/c1-9-20-21-17-12(7-14(25)26)19-15(10-3-5-11(18)6-4-10)16-13(24(9)17)8-23(2)22-16/h3-6,8,12H,7H2,1-2H3,(H,25,26). The second kappa shape index (κ2) is 6.06. The van der Waals surface area contributed by atoms with Gasteiger partial charge < -0.3 is 5.11 Å². The van der Waals surface area contributed by atoms with Gasteiger partial charge in [0, 0.05) is 23.8 Å². The predicted octanol–water partition coefficient (Wildman–Crippen LogP) is 2.33. The number of aryl methyl sites for hydroxylation is 2. The molecule has 1 unspecified atom stereocenters. The van der Waals surface area contributed by atoms with E-state index in [-0.39, 0.29) is 6.42 Å². The van der Waals surface area contributed by atoms with Gasteiger partial charge >= 0.3 is 5.97 Å². The predicted molar refractivity (Wildman–Crippen MR) is 94.9 cm³/mol. The van der Waals surface area contributed by atoms with Crippen LogP contribution in [0.15, 0.2) is 35.5 Å². The second-order valence-corrected chi connectivity index (χ2v) is 6.51. The van der Waals surface area contributed by atoms with E-state index in [0.29, 0.717) is 28.1 Å². The van der Waals surface area contributed by atoms with Crippen molar-refractivity contribution in [2.24, 2.45) is 12.0 Å². The van der Waals surface area contributed by atoms with Crippen LogP contribution in [0.2, 0.25) is 5.02 Å². The summed E-state index contributed by atoms with van der Waals surface area (Å²) in [5, 5.41) is 22.8. The molecule has 1 aromatic carbocycles. The molecule has 8 nitrogen and oxygen atoms in total. The number of halogens is 1. The first-order valence-corrected chi connectivity index (χ1v) is 8.33. The Morgan fingerprint density at radius 2 is 2.00 bits per heavy atom. The first kappa shape index (κ1) is 16.5. The van der Waals surface area contributed by atoms with Crippen LogP contribution in [0.4, 0.5) is 0 Å². The SMILES string of the molecule is Cc1nnc2n1-c1cn(C)nc1C(c1ccc(Cl)cc1)=NC2CC(=O)O. The number of carbonyl (C=O) groups is 1. The van der Waals surface area contributed by atoms with Gasteiger partial charge in [-0.15, -0.1) is 10.2 Å². The van der Waals surface area contributed by atoms with Crippen LogP contribution in [-0.4, -0.2) is 41.3 Å². The van der Waals surface area contributed by atoms with Crippen molar-refractivity contribution in [3.8, 4) is 5.69 Å². The van der Waals surface area contributed by atoms with Crippen LogP contribution < -0.4 is 0 Å². The minimum Gasteiger partial charge on any atom is -0.481 e. The van der Waals surface area contributed by atoms with E-state index in [1.807, 2.05) is 36.9 Å². The van der Waals surface area contributed by atoms with Gasteiger partial charge in [0.2, 0.25) is 0 Å². The third-order valence-corrected chi connectivity index (χ3v) is 4.45. The number of hydrogen-bond acceptors (Lipinski definition) is 5. The highest BCUT2D eigenvalue weighted by Crippen LogP contribution is 2.32. The lowest BCUT2D eigenvalue weighted by Crippen LogP contribution is -2.11. The Morgan fingerprint density at radius 3 is 2.69 bits per heavy atom. The minimum atomic E-state index is -0.957. The van der Waals surface area contributed by atoms with Crippen LogP contribution >= 0.6 is 11.6 Å². The molecule has 2 aromatic heterocycles. The largest absolute Gasteiger partial charge is 0.481 e. The molecular weight excluding hydrogens is 356 g/mol. The summed E-state index contributed by atoms with van der Waals surface area (Å²) in [5.74, 6) is 0.182. The van der Waals surface area contributed by atoms with Gasteiger partial charge in [0.25, 0.3) is 0 Å². The fourth-order valence-electron chi connectivity index (χ4n) is 3.10. The molecule has 1 atom stereocenters. The first-order valence-electron chi connectivity index (χ1n) is 7.96. The molecule has 26 heavy (non-hydrogen) atoms. The Hall–Kier alpha value is -3.00. The van der Waals surface area contributed by atoms with Crippen LogP contribution in [0, 0.1) is 6.92 Å². The fraction of sp³-hybridized carbons (Fsp3) is 0.235. The van der Waals surface area contributed by atoms with Crippen molar-refractivity contribution in [2.45, 2.75) is 19.4 Å². The third-order valence-electron chi connectivity index (χ3n) is 4.19. The zero-order chi connectivity index (χ0) is 18.4. The Labute approximate surface area is 153 Å². The second-order valence-electron chi connectivity index (χ2n) is 6.08. The molecule has 4 rings (SSSR count). The maximum atomic E-state index is 11.4. The number of aliphatic imine (C=N–C) groups is 1. The monoisotopic (exact) mass is 370 g/mol. The van der Waals surface area contributed by atoms with Gasteiger partial charge in [-0.3, -0.25) is 19.0 Å². The third kappa shape index (κ3) is 2.68. The molecule has 0 saturated heterocycles. The fourth-order valence-corrected chi connectivity index (χ4v) is 3.22. The number of carboxylic acid groups (broad SMARTS) is 1. The summed E-state index contributed by atoms with van der Waals surface area (Å²) in [6.07, 6.45) is 1.66. The number of nitrogens with zero attached hydrogens (tertiary/aromatic N) is 6. The van der Waals surface area contributed by atoms with E-state index in [1.54, 1.807) is 16.8 Å². The molecular formula is C17H15ClN6O2. The van der Waals surface area contributed by atoms with Crippen molar-refractivity contribution in [3.05, 3.63) is 58.4 Å². The molecule has 3 aromatic rings. The summed E-state index contributed by atoms with van der Waals surface area (Å²) in [6.45, 7) is 1.82. The summed E-state index contributed by atoms with van der Waals surface area (Å²) in [4.78, 5) is 16.1. The lowest BCUT2D eigenvalue weighted by molar-refractivity contribution is -0.137. The summed E-state index contributed by atoms with van der Waals surface area (Å²) in [7, 11) is 1.82. The van der Waals surface area contributed by atoms with Crippen molar-refractivity contribution in [1.29, 1.82) is 0 Å². The molecule has 0 aliphatic carbocycles. The number of aromatic nitrogens is 5. The van der Waals surface area contributed by atoms with Gasteiger partial charge in [0.15, 0.2) is 5.82 Å². The normalized spacial score (nSPS) is 15.8. The van der Waals surface area contributed by atoms with E-state index >= 15 is 0 Å². The summed E-state index contributed by atoms with van der Waals surface area (Å²) >= 11 is 6.00.